The van der Waals surface area contributed by atoms with Gasteiger partial charge in [-0.1, -0.05) is 6.92 Å². The number of benzene rings is 1. The number of halogens is 2. The maximum absolute atomic E-state index is 13.7. The lowest BCUT2D eigenvalue weighted by Gasteiger charge is -2.31. The molecule has 2 rings (SSSR count). The van der Waals surface area contributed by atoms with Gasteiger partial charge in [-0.15, -0.1) is 0 Å². The Labute approximate surface area is 120 Å². The SMILES string of the molecule is CCCNC1CCOCC1S(=O)c1ccc(F)cc1F. The average Bonchev–Trinajstić information content (AvgIpc) is 2.45. The molecule has 0 aliphatic carbocycles. The maximum atomic E-state index is 13.7. The van der Waals surface area contributed by atoms with Gasteiger partial charge < -0.3 is 10.1 Å². The summed E-state index contributed by atoms with van der Waals surface area (Å²) in [5.41, 5.74) is 0. The lowest BCUT2D eigenvalue weighted by Crippen LogP contribution is -2.48. The van der Waals surface area contributed by atoms with E-state index in [0.29, 0.717) is 13.2 Å². The molecule has 0 saturated carbocycles. The standard InChI is InChI=1S/C14H19F2NO2S/c1-2-6-17-12-5-7-19-9-14(12)20(18)13-4-3-10(15)8-11(13)16/h3-4,8,12,14,17H,2,5-7,9H2,1H3. The number of hydrogen-bond acceptors (Lipinski definition) is 3. The Bertz CT molecular complexity index is 484. The Hall–Kier alpha value is -0.850. The molecule has 1 N–H and O–H groups in total. The first kappa shape index (κ1) is 15.5. The average molecular weight is 303 g/mol. The normalized spacial score (nSPS) is 24.6. The number of nitrogens with one attached hydrogen (secondary N) is 1. The highest BCUT2D eigenvalue weighted by Gasteiger charge is 2.32. The third kappa shape index (κ3) is 3.62. The van der Waals surface area contributed by atoms with Gasteiger partial charge in [-0.2, -0.15) is 0 Å². The predicted molar refractivity (Wildman–Crippen MR) is 74.1 cm³/mol. The quantitative estimate of drug-likeness (QED) is 0.906. The highest BCUT2D eigenvalue weighted by molar-refractivity contribution is 7.85. The molecule has 1 aromatic rings. The molecule has 1 aliphatic heterocycles. The fourth-order valence-electron chi connectivity index (χ4n) is 2.29. The van der Waals surface area contributed by atoms with Crippen molar-refractivity contribution in [1.29, 1.82) is 0 Å². The van der Waals surface area contributed by atoms with Crippen molar-refractivity contribution in [3.05, 3.63) is 29.8 Å². The molecule has 0 amide bonds. The Morgan fingerprint density at radius 3 is 2.95 bits per heavy atom. The molecule has 6 heteroatoms. The van der Waals surface area contributed by atoms with E-state index < -0.39 is 22.4 Å². The fraction of sp³-hybridized carbons (Fsp3) is 0.571. The number of rotatable bonds is 5. The van der Waals surface area contributed by atoms with Crippen LogP contribution < -0.4 is 5.32 Å². The van der Waals surface area contributed by atoms with E-state index in [1.54, 1.807) is 0 Å². The van der Waals surface area contributed by atoms with Crippen LogP contribution >= 0.6 is 0 Å². The van der Waals surface area contributed by atoms with Gasteiger partial charge in [-0.3, -0.25) is 4.21 Å². The molecule has 0 bridgehead atoms. The first-order valence-corrected chi connectivity index (χ1v) is 8.01. The van der Waals surface area contributed by atoms with Gasteiger partial charge >= 0.3 is 0 Å². The smallest absolute Gasteiger partial charge is 0.142 e. The number of ether oxygens (including phenoxy) is 1. The van der Waals surface area contributed by atoms with Crippen LogP contribution in [0.15, 0.2) is 23.1 Å². The predicted octanol–water partition coefficient (Wildman–Crippen LogP) is 2.23. The molecule has 1 fully saturated rings. The minimum atomic E-state index is -1.55. The molecule has 112 valence electrons. The molecule has 0 aromatic heterocycles. The molecule has 3 atom stereocenters. The van der Waals surface area contributed by atoms with Crippen LogP contribution in [-0.4, -0.2) is 35.3 Å². The largest absolute Gasteiger partial charge is 0.380 e. The van der Waals surface area contributed by atoms with Crippen LogP contribution in [0, 0.1) is 11.6 Å². The third-order valence-electron chi connectivity index (χ3n) is 3.35. The van der Waals surface area contributed by atoms with Crippen LogP contribution in [0.4, 0.5) is 8.78 Å². The highest BCUT2D eigenvalue weighted by atomic mass is 32.2. The van der Waals surface area contributed by atoms with Crippen LogP contribution in [0.5, 0.6) is 0 Å². The molecule has 1 aliphatic rings. The lowest BCUT2D eigenvalue weighted by molar-refractivity contribution is 0.0820. The van der Waals surface area contributed by atoms with Crippen molar-refractivity contribution in [1.82, 2.24) is 5.32 Å². The Morgan fingerprint density at radius 1 is 1.45 bits per heavy atom. The molecule has 1 aromatic carbocycles. The van der Waals surface area contributed by atoms with E-state index in [1.165, 1.54) is 6.07 Å². The molecule has 1 heterocycles. The molecule has 1 saturated heterocycles. The van der Waals surface area contributed by atoms with Gasteiger partial charge in [0, 0.05) is 18.7 Å². The Kier molecular flexibility index (Phi) is 5.63. The molecule has 0 spiro atoms. The summed E-state index contributed by atoms with van der Waals surface area (Å²) in [4.78, 5) is 0.0465. The topological polar surface area (TPSA) is 38.3 Å². The van der Waals surface area contributed by atoms with Crippen molar-refractivity contribution in [2.24, 2.45) is 0 Å². The van der Waals surface area contributed by atoms with E-state index in [9.17, 15) is 13.0 Å². The minimum absolute atomic E-state index is 0.0361. The zero-order valence-corrected chi connectivity index (χ0v) is 12.2. The molecule has 3 nitrogen and oxygen atoms in total. The van der Waals surface area contributed by atoms with Crippen LogP contribution in [-0.2, 0) is 15.5 Å². The van der Waals surface area contributed by atoms with Crippen LogP contribution in [0.25, 0.3) is 0 Å². The van der Waals surface area contributed by atoms with Crippen molar-refractivity contribution in [2.45, 2.75) is 36.0 Å². The van der Waals surface area contributed by atoms with E-state index in [4.69, 9.17) is 4.74 Å². The summed E-state index contributed by atoms with van der Waals surface area (Å²) >= 11 is 0. The summed E-state index contributed by atoms with van der Waals surface area (Å²) < 4.78 is 44.6. The van der Waals surface area contributed by atoms with Crippen LogP contribution in [0.2, 0.25) is 0 Å². The first-order valence-electron chi connectivity index (χ1n) is 6.80. The fourth-order valence-corrected chi connectivity index (χ4v) is 3.82. The second-order valence-corrected chi connectivity index (χ2v) is 6.47. The van der Waals surface area contributed by atoms with Crippen molar-refractivity contribution in [3.63, 3.8) is 0 Å². The second kappa shape index (κ2) is 7.24. The van der Waals surface area contributed by atoms with Gasteiger partial charge in [0.15, 0.2) is 0 Å². The molecule has 0 radical (unpaired) electrons. The van der Waals surface area contributed by atoms with Gasteiger partial charge in [-0.05, 0) is 31.5 Å². The Balaban J connectivity index is 2.16. The Morgan fingerprint density at radius 2 is 2.25 bits per heavy atom. The zero-order chi connectivity index (χ0) is 14.5. The maximum Gasteiger partial charge on any atom is 0.142 e. The van der Waals surface area contributed by atoms with E-state index in [2.05, 4.69) is 12.2 Å². The molecular formula is C14H19F2NO2S. The van der Waals surface area contributed by atoms with E-state index >= 15 is 0 Å². The van der Waals surface area contributed by atoms with Crippen molar-refractivity contribution < 1.29 is 17.7 Å². The monoisotopic (exact) mass is 303 g/mol. The second-order valence-electron chi connectivity index (χ2n) is 4.83. The summed E-state index contributed by atoms with van der Waals surface area (Å²) in [7, 11) is -1.55. The van der Waals surface area contributed by atoms with Gasteiger partial charge in [0.2, 0.25) is 0 Å². The lowest BCUT2D eigenvalue weighted by atomic mass is 10.1. The van der Waals surface area contributed by atoms with E-state index in [1.807, 2.05) is 0 Å². The van der Waals surface area contributed by atoms with Crippen LogP contribution in [0.3, 0.4) is 0 Å². The minimum Gasteiger partial charge on any atom is -0.380 e. The summed E-state index contributed by atoms with van der Waals surface area (Å²) in [5, 5.41) is 3.02. The summed E-state index contributed by atoms with van der Waals surface area (Å²) in [6, 6.07) is 3.19. The van der Waals surface area contributed by atoms with Crippen molar-refractivity contribution in [2.75, 3.05) is 19.8 Å². The van der Waals surface area contributed by atoms with Gasteiger partial charge in [0.1, 0.15) is 11.6 Å². The van der Waals surface area contributed by atoms with E-state index in [-0.39, 0.29) is 16.2 Å². The molecular weight excluding hydrogens is 284 g/mol. The summed E-state index contributed by atoms with van der Waals surface area (Å²) in [6.45, 7) is 3.81. The summed E-state index contributed by atoms with van der Waals surface area (Å²) in [5.74, 6) is -1.42. The summed E-state index contributed by atoms with van der Waals surface area (Å²) in [6.07, 6.45) is 1.72. The van der Waals surface area contributed by atoms with Crippen LogP contribution in [0.1, 0.15) is 19.8 Å². The van der Waals surface area contributed by atoms with Gasteiger partial charge in [-0.25, -0.2) is 8.78 Å². The highest BCUT2D eigenvalue weighted by Crippen LogP contribution is 2.22. The van der Waals surface area contributed by atoms with Crippen molar-refractivity contribution in [3.8, 4) is 0 Å². The first-order chi connectivity index (χ1) is 9.63. The molecule has 20 heavy (non-hydrogen) atoms. The van der Waals surface area contributed by atoms with Gasteiger partial charge in [0.25, 0.3) is 0 Å². The molecule has 3 unspecified atom stereocenters. The van der Waals surface area contributed by atoms with E-state index in [0.717, 1.165) is 31.5 Å². The van der Waals surface area contributed by atoms with Gasteiger partial charge in [0.05, 0.1) is 27.6 Å². The van der Waals surface area contributed by atoms with Crippen molar-refractivity contribution >= 4 is 10.8 Å². The zero-order valence-electron chi connectivity index (χ0n) is 11.4. The third-order valence-corrected chi connectivity index (χ3v) is 5.13. The number of hydrogen-bond donors (Lipinski definition) is 1.